The van der Waals surface area contributed by atoms with Crippen LogP contribution in [0.3, 0.4) is 0 Å². The molecule has 0 unspecified atom stereocenters. The Morgan fingerprint density at radius 1 is 1.00 bits per heavy atom. The Morgan fingerprint density at radius 2 is 1.61 bits per heavy atom. The molecule has 1 aromatic carbocycles. The Kier molecular flexibility index (Phi) is 6.86. The van der Waals surface area contributed by atoms with Crippen LogP contribution in [0.15, 0.2) is 18.2 Å². The van der Waals surface area contributed by atoms with E-state index in [1.54, 1.807) is 14.2 Å². The van der Waals surface area contributed by atoms with Crippen LogP contribution in [0.4, 0.5) is 0 Å². The topological polar surface area (TPSA) is 42.0 Å². The molecule has 0 atom stereocenters. The molecule has 2 saturated heterocycles. The van der Waals surface area contributed by atoms with Crippen molar-refractivity contribution in [2.24, 2.45) is 11.3 Å². The molecule has 0 aliphatic carbocycles. The molecule has 0 bridgehead atoms. The molecule has 0 saturated carbocycles. The molecule has 0 N–H and O–H groups in total. The van der Waals surface area contributed by atoms with Gasteiger partial charge in [0.05, 0.1) is 14.2 Å². The highest BCUT2D eigenvalue weighted by atomic mass is 16.5. The van der Waals surface area contributed by atoms with E-state index >= 15 is 0 Å². The molecule has 1 aromatic rings. The minimum atomic E-state index is 0.343. The van der Waals surface area contributed by atoms with Gasteiger partial charge in [0.15, 0.2) is 11.5 Å². The van der Waals surface area contributed by atoms with Crippen molar-refractivity contribution in [3.05, 3.63) is 23.8 Å². The number of hydrogen-bond acceptors (Lipinski definition) is 4. The van der Waals surface area contributed by atoms with Gasteiger partial charge in [-0.25, -0.2) is 0 Å². The van der Waals surface area contributed by atoms with E-state index in [4.69, 9.17) is 9.47 Å². The fourth-order valence-corrected chi connectivity index (χ4v) is 4.63. The highest BCUT2D eigenvalue weighted by molar-refractivity contribution is 5.76. The number of rotatable bonds is 6. The van der Waals surface area contributed by atoms with Gasteiger partial charge in [0.25, 0.3) is 0 Å². The third-order valence-electron chi connectivity index (χ3n) is 6.53. The van der Waals surface area contributed by atoms with E-state index in [1.165, 1.54) is 31.2 Å². The maximum atomic E-state index is 12.3. The number of carbonyl (C=O) groups is 1. The molecule has 2 aliphatic heterocycles. The Hall–Kier alpha value is -1.75. The molecule has 5 nitrogen and oxygen atoms in total. The van der Waals surface area contributed by atoms with Gasteiger partial charge in [0.1, 0.15) is 0 Å². The fourth-order valence-electron chi connectivity index (χ4n) is 4.63. The zero-order valence-corrected chi connectivity index (χ0v) is 18.0. The average Bonchev–Trinajstić information content (AvgIpc) is 2.70. The van der Waals surface area contributed by atoms with Crippen molar-refractivity contribution in [1.29, 1.82) is 0 Å². The largest absolute Gasteiger partial charge is 0.493 e. The van der Waals surface area contributed by atoms with Gasteiger partial charge in [-0.3, -0.25) is 9.69 Å². The molecule has 1 spiro atoms. The van der Waals surface area contributed by atoms with E-state index in [0.717, 1.165) is 44.2 Å². The first kappa shape index (κ1) is 21.0. The number of ether oxygens (including phenoxy) is 2. The van der Waals surface area contributed by atoms with Crippen molar-refractivity contribution >= 4 is 5.91 Å². The van der Waals surface area contributed by atoms with Gasteiger partial charge >= 0.3 is 0 Å². The van der Waals surface area contributed by atoms with Gasteiger partial charge in [-0.05, 0) is 67.8 Å². The van der Waals surface area contributed by atoms with Crippen LogP contribution in [0.25, 0.3) is 0 Å². The molecule has 1 amide bonds. The molecule has 2 heterocycles. The maximum Gasteiger partial charge on any atom is 0.222 e. The first-order valence-electron chi connectivity index (χ1n) is 10.7. The highest BCUT2D eigenvalue weighted by Gasteiger charge is 2.38. The van der Waals surface area contributed by atoms with Gasteiger partial charge in [-0.1, -0.05) is 19.9 Å². The summed E-state index contributed by atoms with van der Waals surface area (Å²) in [5.74, 6) is 2.37. The van der Waals surface area contributed by atoms with E-state index in [2.05, 4.69) is 35.8 Å². The number of benzene rings is 1. The van der Waals surface area contributed by atoms with Crippen molar-refractivity contribution in [2.75, 3.05) is 40.4 Å². The molecule has 0 aromatic heterocycles. The molecular formula is C23H36N2O3. The normalized spacial score (nSPS) is 19.8. The van der Waals surface area contributed by atoms with Crippen LogP contribution < -0.4 is 9.47 Å². The monoisotopic (exact) mass is 388 g/mol. The Balaban J connectivity index is 1.49. The lowest BCUT2D eigenvalue weighted by atomic mass is 9.71. The number of methoxy groups -OCH3 is 2. The van der Waals surface area contributed by atoms with E-state index in [-0.39, 0.29) is 0 Å². The van der Waals surface area contributed by atoms with Crippen LogP contribution >= 0.6 is 0 Å². The van der Waals surface area contributed by atoms with Gasteiger partial charge in [0.2, 0.25) is 5.91 Å². The number of likely N-dealkylation sites (tertiary alicyclic amines) is 2. The summed E-state index contributed by atoms with van der Waals surface area (Å²) < 4.78 is 10.8. The lowest BCUT2D eigenvalue weighted by Crippen LogP contribution is -2.48. The molecule has 5 heteroatoms. The third-order valence-corrected chi connectivity index (χ3v) is 6.53. The lowest BCUT2D eigenvalue weighted by molar-refractivity contribution is -0.134. The smallest absolute Gasteiger partial charge is 0.222 e. The van der Waals surface area contributed by atoms with E-state index in [9.17, 15) is 4.79 Å². The van der Waals surface area contributed by atoms with Crippen molar-refractivity contribution in [1.82, 2.24) is 9.80 Å². The van der Waals surface area contributed by atoms with Crippen LogP contribution in [-0.4, -0.2) is 56.1 Å². The maximum absolute atomic E-state index is 12.3. The fraction of sp³-hybridized carbons (Fsp3) is 0.696. The SMILES string of the molecule is COc1ccc(CN2CCC3(CC2)CCN(C(=O)CC(C)C)CC3)cc1OC. The Labute approximate surface area is 170 Å². The molecule has 3 rings (SSSR count). The van der Waals surface area contributed by atoms with Crippen LogP contribution in [0.2, 0.25) is 0 Å². The van der Waals surface area contributed by atoms with Crippen molar-refractivity contribution in [3.8, 4) is 11.5 Å². The summed E-state index contributed by atoms with van der Waals surface area (Å²) in [4.78, 5) is 17.0. The minimum absolute atomic E-state index is 0.343. The zero-order chi connectivity index (χ0) is 20.1. The third kappa shape index (κ3) is 4.99. The molecular weight excluding hydrogens is 352 g/mol. The molecule has 156 valence electrons. The Bertz CT molecular complexity index is 656. The molecule has 28 heavy (non-hydrogen) atoms. The summed E-state index contributed by atoms with van der Waals surface area (Å²) in [6.45, 7) is 9.36. The van der Waals surface area contributed by atoms with E-state index in [0.29, 0.717) is 23.7 Å². The summed E-state index contributed by atoms with van der Waals surface area (Å²) in [7, 11) is 3.36. The predicted octanol–water partition coefficient (Wildman–Crippen LogP) is 3.95. The summed E-state index contributed by atoms with van der Waals surface area (Å²) >= 11 is 0. The lowest BCUT2D eigenvalue weighted by Gasteiger charge is -2.47. The summed E-state index contributed by atoms with van der Waals surface area (Å²) in [6.07, 6.45) is 5.51. The van der Waals surface area contributed by atoms with Crippen molar-refractivity contribution in [3.63, 3.8) is 0 Å². The van der Waals surface area contributed by atoms with Gasteiger partial charge in [0, 0.05) is 26.1 Å². The van der Waals surface area contributed by atoms with Gasteiger partial charge in [-0.2, -0.15) is 0 Å². The quantitative estimate of drug-likeness (QED) is 0.740. The van der Waals surface area contributed by atoms with Crippen LogP contribution in [-0.2, 0) is 11.3 Å². The second-order valence-corrected chi connectivity index (χ2v) is 8.94. The Morgan fingerprint density at radius 3 is 2.18 bits per heavy atom. The number of amides is 1. The van der Waals surface area contributed by atoms with E-state index < -0.39 is 0 Å². The summed E-state index contributed by atoms with van der Waals surface area (Å²) in [6, 6.07) is 6.20. The van der Waals surface area contributed by atoms with Crippen LogP contribution in [0, 0.1) is 11.3 Å². The van der Waals surface area contributed by atoms with Gasteiger partial charge < -0.3 is 14.4 Å². The molecule has 2 fully saturated rings. The predicted molar refractivity (Wildman–Crippen MR) is 112 cm³/mol. The average molecular weight is 389 g/mol. The second-order valence-electron chi connectivity index (χ2n) is 8.94. The summed E-state index contributed by atoms with van der Waals surface area (Å²) in [5.41, 5.74) is 1.71. The molecule has 2 aliphatic rings. The summed E-state index contributed by atoms with van der Waals surface area (Å²) in [5, 5.41) is 0. The first-order valence-corrected chi connectivity index (χ1v) is 10.7. The number of carbonyl (C=O) groups excluding carboxylic acids is 1. The van der Waals surface area contributed by atoms with Crippen molar-refractivity contribution < 1.29 is 14.3 Å². The van der Waals surface area contributed by atoms with Crippen molar-refractivity contribution in [2.45, 2.75) is 52.5 Å². The minimum Gasteiger partial charge on any atom is -0.493 e. The molecule has 0 radical (unpaired) electrons. The first-order chi connectivity index (χ1) is 13.4. The number of piperidine rings is 2. The zero-order valence-electron chi connectivity index (χ0n) is 18.0. The standard InChI is InChI=1S/C23H36N2O3/c1-18(2)15-22(26)25-13-9-23(10-14-25)7-11-24(12-8-23)17-19-5-6-20(27-3)21(16-19)28-4/h5-6,16,18H,7-15,17H2,1-4H3. The van der Waals surface area contributed by atoms with Gasteiger partial charge in [-0.15, -0.1) is 0 Å². The van der Waals surface area contributed by atoms with E-state index in [1.807, 2.05) is 6.07 Å². The number of hydrogen-bond donors (Lipinski definition) is 0. The second kappa shape index (κ2) is 9.17. The number of nitrogens with zero attached hydrogens (tertiary/aromatic N) is 2. The van der Waals surface area contributed by atoms with Crippen LogP contribution in [0.5, 0.6) is 11.5 Å². The highest BCUT2D eigenvalue weighted by Crippen LogP contribution is 2.41. The van der Waals surface area contributed by atoms with Crippen LogP contribution in [0.1, 0.15) is 51.5 Å².